The van der Waals surface area contributed by atoms with Gasteiger partial charge in [0.05, 0.1) is 0 Å². The van der Waals surface area contributed by atoms with Crippen molar-refractivity contribution in [2.45, 2.75) is 367 Å². The van der Waals surface area contributed by atoms with E-state index >= 15 is 0 Å². The van der Waals surface area contributed by atoms with Crippen LogP contribution in [0.5, 0.6) is 0 Å². The van der Waals surface area contributed by atoms with Gasteiger partial charge in [0.25, 0.3) is 0 Å². The van der Waals surface area contributed by atoms with Gasteiger partial charge in [0.1, 0.15) is 13.2 Å². The molecule has 0 heterocycles. The van der Waals surface area contributed by atoms with Gasteiger partial charge in [-0.3, -0.25) is 14.4 Å². The van der Waals surface area contributed by atoms with Crippen LogP contribution >= 0.6 is 0 Å². The molecule has 0 spiro atoms. The Morgan fingerprint density at radius 3 is 0.817 bits per heavy atom. The van der Waals surface area contributed by atoms with E-state index in [0.717, 1.165) is 77.0 Å². The minimum Gasteiger partial charge on any atom is -0.462 e. The summed E-state index contributed by atoms with van der Waals surface area (Å²) >= 11 is 0. The summed E-state index contributed by atoms with van der Waals surface area (Å²) in [7, 11) is 0. The number of carbonyl (C=O) groups excluding carboxylic acids is 3. The Kier molecular flexibility index (Phi) is 67.2. The van der Waals surface area contributed by atoms with E-state index in [9.17, 15) is 14.4 Å². The van der Waals surface area contributed by atoms with Crippen molar-refractivity contribution in [3.8, 4) is 0 Å². The van der Waals surface area contributed by atoms with Crippen LogP contribution in [-0.2, 0) is 28.6 Å². The standard InChI is InChI=1S/C76H134O6/c1-4-7-10-13-16-19-22-25-27-29-31-33-35-37-38-39-41-42-44-46-48-51-54-57-60-63-66-69-75(78)81-72-73(71-80-74(77)68-65-62-59-56-53-50-24-21-18-15-12-9-6-3)82-76(79)70-67-64-61-58-55-52-49-47-45-43-40-36-34-32-30-28-26-23-20-17-14-11-8-5-2/h9,12,18,21-22,25,29,31,35,37,50,53,59,62,73H,4-8,10-11,13-17,19-20,23-24,26-28,30,32-34,36,38-49,51-52,54-58,60-61,63-72H2,1-3H3/b12-9-,21-18-,25-22-,31-29-,37-35-,53-50-,62-59-. The zero-order valence-corrected chi connectivity index (χ0v) is 54.5. The van der Waals surface area contributed by atoms with Crippen LogP contribution in [0.15, 0.2) is 85.1 Å². The Bertz CT molecular complexity index is 1550. The van der Waals surface area contributed by atoms with E-state index in [1.54, 1.807) is 0 Å². The highest BCUT2D eigenvalue weighted by atomic mass is 16.6. The summed E-state index contributed by atoms with van der Waals surface area (Å²) < 4.78 is 16.9. The molecule has 1 atom stereocenters. The molecule has 82 heavy (non-hydrogen) atoms. The summed E-state index contributed by atoms with van der Waals surface area (Å²) in [5.41, 5.74) is 0. The van der Waals surface area contributed by atoms with E-state index in [2.05, 4.69) is 99.8 Å². The average Bonchev–Trinajstić information content (AvgIpc) is 3.47. The molecule has 0 fully saturated rings. The Morgan fingerprint density at radius 2 is 0.500 bits per heavy atom. The Balaban J connectivity index is 4.28. The number of hydrogen-bond acceptors (Lipinski definition) is 6. The summed E-state index contributed by atoms with van der Waals surface area (Å²) in [6.07, 6.45) is 93.5. The van der Waals surface area contributed by atoms with Crippen molar-refractivity contribution < 1.29 is 28.6 Å². The van der Waals surface area contributed by atoms with Gasteiger partial charge in [-0.15, -0.1) is 0 Å². The summed E-state index contributed by atoms with van der Waals surface area (Å²) in [4.78, 5) is 38.4. The minimum absolute atomic E-state index is 0.0964. The van der Waals surface area contributed by atoms with Gasteiger partial charge in [-0.05, 0) is 83.5 Å². The second kappa shape index (κ2) is 70.1. The molecule has 0 aliphatic carbocycles. The largest absolute Gasteiger partial charge is 0.462 e. The fraction of sp³-hybridized carbons (Fsp3) is 0.776. The van der Waals surface area contributed by atoms with Gasteiger partial charge in [0, 0.05) is 19.3 Å². The summed E-state index contributed by atoms with van der Waals surface area (Å²) in [6, 6.07) is 0. The van der Waals surface area contributed by atoms with Crippen LogP contribution in [0.1, 0.15) is 361 Å². The first-order valence-corrected chi connectivity index (χ1v) is 35.6. The van der Waals surface area contributed by atoms with Crippen molar-refractivity contribution in [2.24, 2.45) is 0 Å². The van der Waals surface area contributed by atoms with Gasteiger partial charge in [-0.1, -0.05) is 343 Å². The molecular formula is C76H134O6. The molecule has 474 valence electrons. The minimum atomic E-state index is -0.806. The first-order valence-electron chi connectivity index (χ1n) is 35.6. The molecule has 0 bridgehead atoms. The second-order valence-electron chi connectivity index (χ2n) is 23.8. The molecule has 0 aliphatic rings. The van der Waals surface area contributed by atoms with Gasteiger partial charge in [-0.2, -0.15) is 0 Å². The Morgan fingerprint density at radius 1 is 0.256 bits per heavy atom. The first-order chi connectivity index (χ1) is 40.5. The van der Waals surface area contributed by atoms with Crippen LogP contribution in [0.25, 0.3) is 0 Å². The molecule has 0 aromatic carbocycles. The van der Waals surface area contributed by atoms with Gasteiger partial charge >= 0.3 is 17.9 Å². The predicted molar refractivity (Wildman–Crippen MR) is 358 cm³/mol. The van der Waals surface area contributed by atoms with Crippen molar-refractivity contribution in [3.63, 3.8) is 0 Å². The molecule has 0 aliphatic heterocycles. The molecule has 1 unspecified atom stereocenters. The molecule has 0 saturated heterocycles. The van der Waals surface area contributed by atoms with E-state index in [4.69, 9.17) is 14.2 Å². The van der Waals surface area contributed by atoms with Crippen LogP contribution in [0.4, 0.5) is 0 Å². The zero-order chi connectivity index (χ0) is 59.2. The van der Waals surface area contributed by atoms with Crippen LogP contribution in [0, 0.1) is 0 Å². The molecule has 0 aromatic heterocycles. The lowest BCUT2D eigenvalue weighted by Crippen LogP contribution is -2.30. The van der Waals surface area contributed by atoms with Crippen LogP contribution in [-0.4, -0.2) is 37.2 Å². The van der Waals surface area contributed by atoms with Crippen LogP contribution in [0.3, 0.4) is 0 Å². The lowest BCUT2D eigenvalue weighted by atomic mass is 10.0. The maximum absolute atomic E-state index is 12.9. The molecular weight excluding hydrogens is 1010 g/mol. The van der Waals surface area contributed by atoms with Crippen LogP contribution < -0.4 is 0 Å². The topological polar surface area (TPSA) is 78.9 Å². The third kappa shape index (κ3) is 67.4. The van der Waals surface area contributed by atoms with E-state index in [1.165, 1.54) is 238 Å². The lowest BCUT2D eigenvalue weighted by molar-refractivity contribution is -0.166. The number of carbonyl (C=O) groups is 3. The zero-order valence-electron chi connectivity index (χ0n) is 54.5. The Labute approximate surface area is 509 Å². The predicted octanol–water partition coefficient (Wildman–Crippen LogP) is 24.6. The molecule has 0 N–H and O–H groups in total. The number of allylic oxidation sites excluding steroid dienone is 14. The normalized spacial score (nSPS) is 12.6. The summed E-state index contributed by atoms with van der Waals surface area (Å²) in [5, 5.41) is 0. The maximum Gasteiger partial charge on any atom is 0.306 e. The monoisotopic (exact) mass is 1140 g/mol. The highest BCUT2D eigenvalue weighted by Crippen LogP contribution is 2.18. The van der Waals surface area contributed by atoms with Crippen molar-refractivity contribution in [2.75, 3.05) is 13.2 Å². The van der Waals surface area contributed by atoms with Gasteiger partial charge in [-0.25, -0.2) is 0 Å². The number of rotatable bonds is 65. The highest BCUT2D eigenvalue weighted by Gasteiger charge is 2.19. The van der Waals surface area contributed by atoms with Gasteiger partial charge in [0.2, 0.25) is 0 Å². The third-order valence-corrected chi connectivity index (χ3v) is 15.6. The molecule has 0 radical (unpaired) electrons. The Hall–Kier alpha value is -3.41. The quantitative estimate of drug-likeness (QED) is 0.0261. The van der Waals surface area contributed by atoms with Crippen molar-refractivity contribution in [1.82, 2.24) is 0 Å². The fourth-order valence-electron chi connectivity index (χ4n) is 10.4. The molecule has 0 aromatic rings. The fourth-order valence-corrected chi connectivity index (χ4v) is 10.4. The van der Waals surface area contributed by atoms with Crippen molar-refractivity contribution in [3.05, 3.63) is 85.1 Å². The maximum atomic E-state index is 12.9. The van der Waals surface area contributed by atoms with Crippen molar-refractivity contribution in [1.29, 1.82) is 0 Å². The van der Waals surface area contributed by atoms with E-state index in [1.807, 2.05) is 6.08 Å². The molecule has 6 nitrogen and oxygen atoms in total. The smallest absolute Gasteiger partial charge is 0.306 e. The average molecular weight is 1140 g/mol. The second-order valence-corrected chi connectivity index (χ2v) is 23.8. The summed E-state index contributed by atoms with van der Waals surface area (Å²) in [6.45, 7) is 6.50. The number of unbranched alkanes of at least 4 members (excludes halogenated alkanes) is 40. The number of hydrogen-bond donors (Lipinski definition) is 0. The van der Waals surface area contributed by atoms with E-state index in [-0.39, 0.29) is 37.5 Å². The lowest BCUT2D eigenvalue weighted by Gasteiger charge is -2.18. The highest BCUT2D eigenvalue weighted by molar-refractivity contribution is 5.71. The van der Waals surface area contributed by atoms with Crippen LogP contribution in [0.2, 0.25) is 0 Å². The van der Waals surface area contributed by atoms with Gasteiger partial charge in [0.15, 0.2) is 6.10 Å². The molecule has 6 heteroatoms. The number of ether oxygens (including phenoxy) is 3. The molecule has 0 rings (SSSR count). The van der Waals surface area contributed by atoms with Gasteiger partial charge < -0.3 is 14.2 Å². The summed E-state index contributed by atoms with van der Waals surface area (Å²) in [5.74, 6) is -0.964. The van der Waals surface area contributed by atoms with Crippen molar-refractivity contribution >= 4 is 17.9 Å². The molecule has 0 amide bonds. The number of esters is 3. The third-order valence-electron chi connectivity index (χ3n) is 15.6. The van der Waals surface area contributed by atoms with E-state index < -0.39 is 6.10 Å². The molecule has 0 saturated carbocycles. The first kappa shape index (κ1) is 78.6. The SMILES string of the molecule is CC/C=C\C/C=C\C/C=C\C/C=C\CCC(=O)OCC(COC(=O)CCCCCCCCCCCCCC/C=C\C/C=C\C/C=C\CCCCCCC)OC(=O)CCCCCCCCCCCCCCCCCCCCCCCCCC. The van der Waals surface area contributed by atoms with E-state index in [0.29, 0.717) is 19.3 Å².